The first-order valence-corrected chi connectivity index (χ1v) is 7.28. The first-order chi connectivity index (χ1) is 6.17. The SMILES string of the molecule is Cc1nc(CC(CBr)CBr)sc1C. The van der Waals surface area contributed by atoms with Gasteiger partial charge in [0.05, 0.1) is 10.7 Å². The lowest BCUT2D eigenvalue weighted by Gasteiger charge is -2.06. The van der Waals surface area contributed by atoms with Gasteiger partial charge < -0.3 is 0 Å². The van der Waals surface area contributed by atoms with E-state index >= 15 is 0 Å². The summed E-state index contributed by atoms with van der Waals surface area (Å²) in [7, 11) is 0. The third kappa shape index (κ3) is 3.33. The van der Waals surface area contributed by atoms with Gasteiger partial charge >= 0.3 is 0 Å². The van der Waals surface area contributed by atoms with Crippen molar-refractivity contribution < 1.29 is 0 Å². The molecular formula is C9H13Br2NS. The van der Waals surface area contributed by atoms with Crippen LogP contribution in [0.1, 0.15) is 15.6 Å². The fourth-order valence-electron chi connectivity index (χ4n) is 1.02. The maximum atomic E-state index is 4.52. The Balaban J connectivity index is 2.62. The summed E-state index contributed by atoms with van der Waals surface area (Å²) in [4.78, 5) is 5.87. The quantitative estimate of drug-likeness (QED) is 0.769. The number of hydrogen-bond donors (Lipinski definition) is 0. The smallest absolute Gasteiger partial charge is 0.0934 e. The fourth-order valence-corrected chi connectivity index (χ4v) is 3.60. The number of thiazole rings is 1. The predicted octanol–water partition coefficient (Wildman–Crippen LogP) is 3.71. The van der Waals surface area contributed by atoms with E-state index < -0.39 is 0 Å². The van der Waals surface area contributed by atoms with Gasteiger partial charge in [-0.05, 0) is 19.8 Å². The monoisotopic (exact) mass is 325 g/mol. The molecule has 0 aromatic carbocycles. The molecule has 74 valence electrons. The van der Waals surface area contributed by atoms with E-state index in [-0.39, 0.29) is 0 Å². The molecule has 0 saturated heterocycles. The fraction of sp³-hybridized carbons (Fsp3) is 0.667. The molecule has 1 nitrogen and oxygen atoms in total. The number of halogens is 2. The predicted molar refractivity (Wildman–Crippen MR) is 66.4 cm³/mol. The van der Waals surface area contributed by atoms with Crippen LogP contribution >= 0.6 is 43.2 Å². The molecule has 1 aromatic rings. The Kier molecular flexibility index (Phi) is 4.90. The number of hydrogen-bond acceptors (Lipinski definition) is 2. The van der Waals surface area contributed by atoms with Gasteiger partial charge in [-0.1, -0.05) is 31.9 Å². The Labute approximate surface area is 100 Å². The standard InChI is InChI=1S/C9H13Br2NS/c1-6-7(2)13-9(12-6)3-8(4-10)5-11/h8H,3-5H2,1-2H3. The first-order valence-electron chi connectivity index (χ1n) is 4.22. The van der Waals surface area contributed by atoms with E-state index in [1.54, 1.807) is 0 Å². The van der Waals surface area contributed by atoms with Crippen LogP contribution in [0.25, 0.3) is 0 Å². The molecule has 0 bridgehead atoms. The van der Waals surface area contributed by atoms with Gasteiger partial charge in [-0.25, -0.2) is 4.98 Å². The summed E-state index contributed by atoms with van der Waals surface area (Å²) in [5, 5.41) is 3.34. The molecular weight excluding hydrogens is 314 g/mol. The van der Waals surface area contributed by atoms with Crippen LogP contribution in [0, 0.1) is 19.8 Å². The van der Waals surface area contributed by atoms with Crippen molar-refractivity contribution in [2.75, 3.05) is 10.7 Å². The Morgan fingerprint density at radius 3 is 2.31 bits per heavy atom. The van der Waals surface area contributed by atoms with E-state index in [2.05, 4.69) is 50.7 Å². The Morgan fingerprint density at radius 2 is 1.92 bits per heavy atom. The summed E-state index contributed by atoms with van der Waals surface area (Å²) >= 11 is 8.83. The van der Waals surface area contributed by atoms with Crippen LogP contribution in [0.15, 0.2) is 0 Å². The minimum Gasteiger partial charge on any atom is -0.246 e. The highest BCUT2D eigenvalue weighted by Gasteiger charge is 2.10. The molecule has 13 heavy (non-hydrogen) atoms. The van der Waals surface area contributed by atoms with Gasteiger partial charge in [0, 0.05) is 22.0 Å². The highest BCUT2D eigenvalue weighted by molar-refractivity contribution is 9.09. The molecule has 1 rings (SSSR count). The van der Waals surface area contributed by atoms with Crippen LogP contribution in [0.2, 0.25) is 0 Å². The normalized spacial score (nSPS) is 11.2. The molecule has 0 radical (unpaired) electrons. The molecule has 0 atom stereocenters. The Morgan fingerprint density at radius 1 is 1.31 bits per heavy atom. The number of rotatable bonds is 4. The van der Waals surface area contributed by atoms with Crippen molar-refractivity contribution in [3.63, 3.8) is 0 Å². The summed E-state index contributed by atoms with van der Waals surface area (Å²) in [5.41, 5.74) is 1.18. The van der Waals surface area contributed by atoms with E-state index in [9.17, 15) is 0 Å². The zero-order valence-corrected chi connectivity index (χ0v) is 11.8. The van der Waals surface area contributed by atoms with Crippen molar-refractivity contribution >= 4 is 43.2 Å². The molecule has 0 aliphatic heterocycles. The minimum atomic E-state index is 0.657. The summed E-state index contributed by atoms with van der Waals surface area (Å²) in [6.07, 6.45) is 1.08. The Bertz CT molecular complexity index is 249. The van der Waals surface area contributed by atoms with Crippen LogP contribution in [0.3, 0.4) is 0 Å². The van der Waals surface area contributed by atoms with E-state index in [0.717, 1.165) is 17.1 Å². The van der Waals surface area contributed by atoms with Crippen LogP contribution in [0.5, 0.6) is 0 Å². The lowest BCUT2D eigenvalue weighted by Crippen LogP contribution is -2.07. The lowest BCUT2D eigenvalue weighted by atomic mass is 10.1. The Hall–Kier alpha value is 0.590. The molecule has 0 aliphatic carbocycles. The molecule has 4 heteroatoms. The zero-order valence-electron chi connectivity index (χ0n) is 7.81. The second-order valence-electron chi connectivity index (χ2n) is 3.13. The highest BCUT2D eigenvalue weighted by atomic mass is 79.9. The molecule has 0 aliphatic rings. The topological polar surface area (TPSA) is 12.9 Å². The van der Waals surface area contributed by atoms with Crippen molar-refractivity contribution in [2.24, 2.45) is 5.92 Å². The third-order valence-electron chi connectivity index (χ3n) is 1.97. The summed E-state index contributed by atoms with van der Waals surface area (Å²) < 4.78 is 0. The first kappa shape index (κ1) is 11.7. The van der Waals surface area contributed by atoms with Crippen LogP contribution in [-0.2, 0) is 6.42 Å². The zero-order chi connectivity index (χ0) is 9.84. The molecule has 1 aromatic heterocycles. The minimum absolute atomic E-state index is 0.657. The number of aromatic nitrogens is 1. The molecule has 1 heterocycles. The van der Waals surface area contributed by atoms with Crippen molar-refractivity contribution in [3.8, 4) is 0 Å². The second-order valence-corrected chi connectivity index (χ2v) is 5.71. The van der Waals surface area contributed by atoms with Crippen molar-refractivity contribution in [3.05, 3.63) is 15.6 Å². The highest BCUT2D eigenvalue weighted by Crippen LogP contribution is 2.21. The van der Waals surface area contributed by atoms with Crippen molar-refractivity contribution in [1.82, 2.24) is 4.98 Å². The second kappa shape index (κ2) is 5.47. The van der Waals surface area contributed by atoms with E-state index in [1.165, 1.54) is 15.6 Å². The largest absolute Gasteiger partial charge is 0.246 e. The molecule has 0 fully saturated rings. The maximum Gasteiger partial charge on any atom is 0.0934 e. The van der Waals surface area contributed by atoms with Crippen LogP contribution in [-0.4, -0.2) is 15.6 Å². The van der Waals surface area contributed by atoms with Crippen LogP contribution < -0.4 is 0 Å². The summed E-state index contributed by atoms with van der Waals surface area (Å²) in [5.74, 6) is 0.657. The lowest BCUT2D eigenvalue weighted by molar-refractivity contribution is 0.675. The third-order valence-corrected chi connectivity index (χ3v) is 4.90. The van der Waals surface area contributed by atoms with Gasteiger partial charge in [-0.3, -0.25) is 0 Å². The summed E-state index contributed by atoms with van der Waals surface area (Å²) in [6, 6.07) is 0. The summed E-state index contributed by atoms with van der Waals surface area (Å²) in [6.45, 7) is 4.21. The number of nitrogens with zero attached hydrogens (tertiary/aromatic N) is 1. The van der Waals surface area contributed by atoms with Crippen molar-refractivity contribution in [1.29, 1.82) is 0 Å². The van der Waals surface area contributed by atoms with Crippen LogP contribution in [0.4, 0.5) is 0 Å². The molecule has 0 spiro atoms. The van der Waals surface area contributed by atoms with Crippen molar-refractivity contribution in [2.45, 2.75) is 20.3 Å². The average Bonchev–Trinajstić information content (AvgIpc) is 2.42. The van der Waals surface area contributed by atoms with Gasteiger partial charge in [0.25, 0.3) is 0 Å². The molecule has 0 saturated carbocycles. The molecule has 0 N–H and O–H groups in total. The molecule has 0 unspecified atom stereocenters. The van der Waals surface area contributed by atoms with E-state index in [4.69, 9.17) is 0 Å². The molecule has 0 amide bonds. The van der Waals surface area contributed by atoms with E-state index in [0.29, 0.717) is 5.92 Å². The maximum absolute atomic E-state index is 4.52. The van der Waals surface area contributed by atoms with E-state index in [1.807, 2.05) is 11.3 Å². The number of aryl methyl sites for hydroxylation is 2. The van der Waals surface area contributed by atoms with Gasteiger partial charge in [0.2, 0.25) is 0 Å². The van der Waals surface area contributed by atoms with Gasteiger partial charge in [0.1, 0.15) is 0 Å². The van der Waals surface area contributed by atoms with Gasteiger partial charge in [-0.2, -0.15) is 0 Å². The van der Waals surface area contributed by atoms with Gasteiger partial charge in [-0.15, -0.1) is 11.3 Å². The van der Waals surface area contributed by atoms with Gasteiger partial charge in [0.15, 0.2) is 0 Å². The number of alkyl halides is 2. The average molecular weight is 327 g/mol.